The first-order chi connectivity index (χ1) is 2.00. The third kappa shape index (κ3) is 86.9. The van der Waals surface area contributed by atoms with Crippen LogP contribution in [0.1, 0.15) is 0 Å². The Morgan fingerprint density at radius 1 is 1.14 bits per heavy atom. The van der Waals surface area contributed by atoms with Crippen LogP contribution in [0.2, 0.25) is 0 Å². The molecule has 7 heavy (non-hydrogen) atoms. The van der Waals surface area contributed by atoms with Gasteiger partial charge in [0.2, 0.25) is 0 Å². The van der Waals surface area contributed by atoms with Crippen LogP contribution in [-0.2, 0) is 23.1 Å². The molecule has 0 unspecified atom stereocenters. The standard InChI is InChI=1S/Na.H3O4P.V/c;1-5(2,3)4;/h;(H3,1,2,3,4);. The SMILES string of the molecule is O=P(O)(O)O.[Na].[V]. The predicted octanol–water partition coefficient (Wildman–Crippen LogP) is -1.31. The van der Waals surface area contributed by atoms with Gasteiger partial charge in [-0.1, -0.05) is 0 Å². The second kappa shape index (κ2) is 5.82. The summed E-state index contributed by atoms with van der Waals surface area (Å²) in [5.41, 5.74) is 0. The molecule has 0 aromatic carbocycles. The van der Waals surface area contributed by atoms with Gasteiger partial charge in [0.1, 0.15) is 0 Å². The molecule has 0 aliphatic rings. The number of rotatable bonds is 0. The van der Waals surface area contributed by atoms with Crippen molar-refractivity contribution in [1.29, 1.82) is 0 Å². The van der Waals surface area contributed by atoms with Gasteiger partial charge in [-0.3, -0.25) is 0 Å². The first-order valence-corrected chi connectivity index (χ1v) is 2.35. The summed E-state index contributed by atoms with van der Waals surface area (Å²) < 4.78 is 8.88. The van der Waals surface area contributed by atoms with Gasteiger partial charge in [0.05, 0.1) is 0 Å². The molecule has 0 aromatic heterocycles. The molecule has 2 radical (unpaired) electrons. The molecule has 0 bridgehead atoms. The quantitative estimate of drug-likeness (QED) is 0.313. The predicted molar refractivity (Wildman–Crippen MR) is 20.0 cm³/mol. The van der Waals surface area contributed by atoms with Gasteiger partial charge in [-0.25, -0.2) is 4.57 Å². The van der Waals surface area contributed by atoms with Crippen LogP contribution < -0.4 is 0 Å². The number of hydrogen-bond acceptors (Lipinski definition) is 1. The Morgan fingerprint density at radius 3 is 1.14 bits per heavy atom. The first-order valence-electron chi connectivity index (χ1n) is 0.783. The Kier molecular flexibility index (Phi) is 13.2. The van der Waals surface area contributed by atoms with Crippen molar-refractivity contribution in [2.24, 2.45) is 0 Å². The fraction of sp³-hybridized carbons (Fsp3) is 0. The molecule has 3 N–H and O–H groups in total. The maximum Gasteiger partial charge on any atom is 0.466 e. The molecule has 0 saturated carbocycles. The molecule has 0 saturated heterocycles. The molecular weight excluding hydrogens is 169 g/mol. The van der Waals surface area contributed by atoms with Crippen molar-refractivity contribution in [3.63, 3.8) is 0 Å². The van der Waals surface area contributed by atoms with Gasteiger partial charge >= 0.3 is 7.82 Å². The van der Waals surface area contributed by atoms with Crippen LogP contribution in [0.4, 0.5) is 0 Å². The van der Waals surface area contributed by atoms with Crippen LogP contribution in [0.3, 0.4) is 0 Å². The zero-order chi connectivity index (χ0) is 4.50. The number of phosphoric acid groups is 1. The van der Waals surface area contributed by atoms with Crippen molar-refractivity contribution in [3.05, 3.63) is 0 Å². The largest absolute Gasteiger partial charge is 0.466 e. The molecular formula is H3NaO4PV. The Hall–Kier alpha value is 1.69. The Morgan fingerprint density at radius 2 is 1.14 bits per heavy atom. The molecule has 0 spiro atoms. The first kappa shape index (κ1) is 15.9. The number of hydrogen-bond donors (Lipinski definition) is 3. The fourth-order valence-corrected chi connectivity index (χ4v) is 0. The van der Waals surface area contributed by atoms with Crippen LogP contribution in [0.15, 0.2) is 0 Å². The van der Waals surface area contributed by atoms with Gasteiger partial charge in [-0.2, -0.15) is 0 Å². The Labute approximate surface area is 74.7 Å². The zero-order valence-corrected chi connectivity index (χ0v) is 7.94. The van der Waals surface area contributed by atoms with Crippen LogP contribution in [0.25, 0.3) is 0 Å². The van der Waals surface area contributed by atoms with Crippen molar-refractivity contribution in [2.45, 2.75) is 0 Å². The van der Waals surface area contributed by atoms with E-state index < -0.39 is 7.82 Å². The van der Waals surface area contributed by atoms with Gasteiger partial charge in [0, 0.05) is 48.1 Å². The van der Waals surface area contributed by atoms with Crippen LogP contribution >= 0.6 is 7.82 Å². The molecule has 0 rings (SSSR count). The van der Waals surface area contributed by atoms with E-state index in [0.717, 1.165) is 0 Å². The van der Waals surface area contributed by atoms with Gasteiger partial charge in [-0.15, -0.1) is 0 Å². The molecule has 7 heteroatoms. The van der Waals surface area contributed by atoms with E-state index in [1.807, 2.05) is 0 Å². The van der Waals surface area contributed by atoms with Crippen molar-refractivity contribution >= 4 is 37.4 Å². The third-order valence-corrected chi connectivity index (χ3v) is 0. The van der Waals surface area contributed by atoms with Crippen molar-refractivity contribution in [3.8, 4) is 0 Å². The summed E-state index contributed by atoms with van der Waals surface area (Å²) in [5.74, 6) is 0. The van der Waals surface area contributed by atoms with Crippen molar-refractivity contribution in [1.82, 2.24) is 0 Å². The average molecular weight is 172 g/mol. The fourth-order valence-electron chi connectivity index (χ4n) is 0. The molecule has 0 heterocycles. The van der Waals surface area contributed by atoms with Gasteiger partial charge < -0.3 is 14.7 Å². The monoisotopic (exact) mass is 172 g/mol. The second-order valence-electron chi connectivity index (χ2n) is 0.513. The summed E-state index contributed by atoms with van der Waals surface area (Å²) in [6.45, 7) is 0. The van der Waals surface area contributed by atoms with E-state index in [1.165, 1.54) is 0 Å². The topological polar surface area (TPSA) is 77.8 Å². The summed E-state index contributed by atoms with van der Waals surface area (Å²) in [4.78, 5) is 21.6. The molecule has 0 amide bonds. The molecule has 38 valence electrons. The minimum atomic E-state index is -4.64. The summed E-state index contributed by atoms with van der Waals surface area (Å²) in [6.07, 6.45) is 0. The minimum Gasteiger partial charge on any atom is -0.303 e. The Bertz CT molecular complexity index is 57.8. The van der Waals surface area contributed by atoms with E-state index in [1.54, 1.807) is 0 Å². The minimum absolute atomic E-state index is 0. The van der Waals surface area contributed by atoms with E-state index >= 15 is 0 Å². The molecule has 0 fully saturated rings. The van der Waals surface area contributed by atoms with Crippen molar-refractivity contribution < 1.29 is 37.8 Å². The van der Waals surface area contributed by atoms with Gasteiger partial charge in [0.25, 0.3) is 0 Å². The normalized spacial score (nSPS) is 8.43. The van der Waals surface area contributed by atoms with E-state index in [-0.39, 0.29) is 48.1 Å². The average Bonchev–Trinajstić information content (AvgIpc) is 0.722. The van der Waals surface area contributed by atoms with E-state index in [0.29, 0.717) is 0 Å². The molecule has 4 nitrogen and oxygen atoms in total. The summed E-state index contributed by atoms with van der Waals surface area (Å²) in [7, 11) is -4.64. The smallest absolute Gasteiger partial charge is 0.303 e. The molecule has 0 aliphatic heterocycles. The third-order valence-electron chi connectivity index (χ3n) is 0. The second-order valence-corrected chi connectivity index (χ2v) is 1.54. The van der Waals surface area contributed by atoms with E-state index in [2.05, 4.69) is 0 Å². The van der Waals surface area contributed by atoms with Crippen LogP contribution in [0, 0.1) is 0 Å². The summed E-state index contributed by atoms with van der Waals surface area (Å²) in [6, 6.07) is 0. The van der Waals surface area contributed by atoms with Crippen LogP contribution in [0.5, 0.6) is 0 Å². The Balaban J connectivity index is -0.0000000800. The maximum absolute atomic E-state index is 8.88. The molecule has 0 aliphatic carbocycles. The van der Waals surface area contributed by atoms with Crippen LogP contribution in [-0.4, -0.2) is 44.2 Å². The van der Waals surface area contributed by atoms with Gasteiger partial charge in [0.15, 0.2) is 0 Å². The van der Waals surface area contributed by atoms with Crippen molar-refractivity contribution in [2.75, 3.05) is 0 Å². The van der Waals surface area contributed by atoms with E-state index in [4.69, 9.17) is 19.2 Å². The summed E-state index contributed by atoms with van der Waals surface area (Å²) >= 11 is 0. The van der Waals surface area contributed by atoms with Gasteiger partial charge in [-0.05, 0) is 0 Å². The molecule has 0 atom stereocenters. The maximum atomic E-state index is 8.88. The zero-order valence-electron chi connectivity index (χ0n) is 3.64. The molecule has 0 aromatic rings. The summed E-state index contributed by atoms with van der Waals surface area (Å²) in [5, 5.41) is 0. The van der Waals surface area contributed by atoms with E-state index in [9.17, 15) is 0 Å².